The zero-order valence-electron chi connectivity index (χ0n) is 17.1. The van der Waals surface area contributed by atoms with Crippen molar-refractivity contribution in [2.75, 3.05) is 12.3 Å². The molecule has 0 aromatic heterocycles. The number of hydrogen-bond acceptors (Lipinski definition) is 2. The summed E-state index contributed by atoms with van der Waals surface area (Å²) in [5.74, 6) is 0. The van der Waals surface area contributed by atoms with Crippen LogP contribution in [0.1, 0.15) is 122 Å². The van der Waals surface area contributed by atoms with Crippen molar-refractivity contribution in [1.82, 2.24) is 0 Å². The van der Waals surface area contributed by atoms with E-state index in [1.807, 2.05) is 0 Å². The largest absolute Gasteiger partial charge is 0.368 e. The predicted octanol–water partition coefficient (Wildman–Crippen LogP) is 7.02. The molecule has 0 saturated heterocycles. The van der Waals surface area contributed by atoms with Gasteiger partial charge in [-0.25, -0.2) is 0 Å². The summed E-state index contributed by atoms with van der Waals surface area (Å²) in [6, 6.07) is 0. The van der Waals surface area contributed by atoms with E-state index < -0.39 is 6.29 Å². The topological polar surface area (TPSA) is 40.5 Å². The molecule has 152 valence electrons. The molecular formula is C22H47O2P. The standard InChI is InChI=1S/C22H47O2P/c1-2-3-4-5-6-7-8-9-10-11-12-13-14-15-16-17-18-19-20-25-21-22(23)24/h22-25H,2-21H2,1H3. The lowest BCUT2D eigenvalue weighted by atomic mass is 10.0. The van der Waals surface area contributed by atoms with Gasteiger partial charge in [0.2, 0.25) is 0 Å². The molecule has 3 heteroatoms. The van der Waals surface area contributed by atoms with Crippen molar-refractivity contribution < 1.29 is 10.2 Å². The molecule has 1 atom stereocenters. The normalized spacial score (nSPS) is 12.0. The van der Waals surface area contributed by atoms with E-state index in [1.54, 1.807) is 0 Å². The van der Waals surface area contributed by atoms with Crippen LogP contribution in [0.5, 0.6) is 0 Å². The average Bonchev–Trinajstić information content (AvgIpc) is 2.60. The number of hydrogen-bond donors (Lipinski definition) is 2. The highest BCUT2D eigenvalue weighted by Gasteiger charge is 1.97. The summed E-state index contributed by atoms with van der Waals surface area (Å²) < 4.78 is 0. The fourth-order valence-electron chi connectivity index (χ4n) is 3.38. The lowest BCUT2D eigenvalue weighted by Gasteiger charge is -2.04. The molecule has 0 fully saturated rings. The van der Waals surface area contributed by atoms with Gasteiger partial charge in [0.1, 0.15) is 0 Å². The minimum absolute atomic E-state index is 0.568. The molecule has 0 aliphatic carbocycles. The van der Waals surface area contributed by atoms with Crippen LogP contribution in [0, 0.1) is 0 Å². The third kappa shape index (κ3) is 24.4. The molecule has 2 nitrogen and oxygen atoms in total. The Bertz CT molecular complexity index is 234. The van der Waals surface area contributed by atoms with E-state index in [2.05, 4.69) is 6.92 Å². The second-order valence-electron chi connectivity index (χ2n) is 7.70. The van der Waals surface area contributed by atoms with Crippen molar-refractivity contribution in [2.45, 2.75) is 129 Å². The van der Waals surface area contributed by atoms with Gasteiger partial charge in [-0.2, -0.15) is 0 Å². The zero-order valence-corrected chi connectivity index (χ0v) is 18.1. The summed E-state index contributed by atoms with van der Waals surface area (Å²) in [6.07, 6.45) is 26.2. The highest BCUT2D eigenvalue weighted by atomic mass is 31.1. The SMILES string of the molecule is CCCCCCCCCCCCCCCCCCCCPCC(O)O. The molecule has 1 unspecified atom stereocenters. The van der Waals surface area contributed by atoms with Crippen molar-refractivity contribution in [3.63, 3.8) is 0 Å². The summed E-state index contributed by atoms with van der Waals surface area (Å²) in [5.41, 5.74) is 0. The highest BCUT2D eigenvalue weighted by molar-refractivity contribution is 7.38. The Labute approximate surface area is 160 Å². The number of unbranched alkanes of at least 4 members (excludes halogenated alkanes) is 17. The summed E-state index contributed by atoms with van der Waals surface area (Å²) in [5, 5.41) is 17.5. The minimum atomic E-state index is -1.09. The van der Waals surface area contributed by atoms with Crippen LogP contribution >= 0.6 is 8.58 Å². The van der Waals surface area contributed by atoms with Crippen LogP contribution in [-0.4, -0.2) is 28.8 Å². The first-order chi connectivity index (χ1) is 12.3. The molecule has 0 amide bonds. The van der Waals surface area contributed by atoms with Crippen molar-refractivity contribution >= 4 is 8.58 Å². The fourth-order valence-corrected chi connectivity index (χ4v) is 4.35. The summed E-state index contributed by atoms with van der Waals surface area (Å²) >= 11 is 0. The molecule has 0 aromatic carbocycles. The molecule has 0 heterocycles. The smallest absolute Gasteiger partial charge is 0.155 e. The third-order valence-corrected chi connectivity index (χ3v) is 6.39. The van der Waals surface area contributed by atoms with Crippen LogP contribution in [-0.2, 0) is 0 Å². The third-order valence-electron chi connectivity index (χ3n) is 5.03. The summed E-state index contributed by atoms with van der Waals surface area (Å²) in [4.78, 5) is 0. The van der Waals surface area contributed by atoms with Crippen LogP contribution < -0.4 is 0 Å². The highest BCUT2D eigenvalue weighted by Crippen LogP contribution is 2.16. The molecule has 25 heavy (non-hydrogen) atoms. The Kier molecular flexibility index (Phi) is 22.7. The maximum Gasteiger partial charge on any atom is 0.155 e. The monoisotopic (exact) mass is 374 g/mol. The molecule has 0 spiro atoms. The fraction of sp³-hybridized carbons (Fsp3) is 1.00. The van der Waals surface area contributed by atoms with Crippen molar-refractivity contribution in [3.8, 4) is 0 Å². The van der Waals surface area contributed by atoms with Crippen LogP contribution in [0.25, 0.3) is 0 Å². The average molecular weight is 375 g/mol. The van der Waals surface area contributed by atoms with Crippen LogP contribution in [0.3, 0.4) is 0 Å². The van der Waals surface area contributed by atoms with Gasteiger partial charge < -0.3 is 10.2 Å². The van der Waals surface area contributed by atoms with Gasteiger partial charge in [0.05, 0.1) is 0 Å². The predicted molar refractivity (Wildman–Crippen MR) is 115 cm³/mol. The first-order valence-corrected chi connectivity index (χ1v) is 12.8. The molecule has 0 aliphatic heterocycles. The van der Waals surface area contributed by atoms with E-state index in [-0.39, 0.29) is 0 Å². The Morgan fingerprint density at radius 2 is 0.840 bits per heavy atom. The summed E-state index contributed by atoms with van der Waals surface area (Å²) in [7, 11) is 0.723. The van der Waals surface area contributed by atoms with Crippen LogP contribution in [0.15, 0.2) is 0 Å². The lowest BCUT2D eigenvalue weighted by molar-refractivity contribution is -0.0191. The van der Waals surface area contributed by atoms with Gasteiger partial charge in [0, 0.05) is 6.16 Å². The van der Waals surface area contributed by atoms with E-state index in [0.29, 0.717) is 6.16 Å². The van der Waals surface area contributed by atoms with E-state index in [1.165, 1.54) is 122 Å². The van der Waals surface area contributed by atoms with Crippen LogP contribution in [0.2, 0.25) is 0 Å². The second-order valence-corrected chi connectivity index (χ2v) is 9.10. The minimum Gasteiger partial charge on any atom is -0.368 e. The van der Waals surface area contributed by atoms with Crippen molar-refractivity contribution in [2.24, 2.45) is 0 Å². The molecule has 0 saturated carbocycles. The van der Waals surface area contributed by atoms with Crippen molar-refractivity contribution in [3.05, 3.63) is 0 Å². The number of rotatable bonds is 21. The van der Waals surface area contributed by atoms with E-state index in [0.717, 1.165) is 8.58 Å². The maximum absolute atomic E-state index is 8.77. The van der Waals surface area contributed by atoms with Gasteiger partial charge in [-0.3, -0.25) is 0 Å². The number of aliphatic hydroxyl groups excluding tert-OH is 1. The van der Waals surface area contributed by atoms with Gasteiger partial charge in [-0.1, -0.05) is 116 Å². The van der Waals surface area contributed by atoms with Gasteiger partial charge in [-0.05, 0) is 12.6 Å². The van der Waals surface area contributed by atoms with Crippen molar-refractivity contribution in [1.29, 1.82) is 0 Å². The first-order valence-electron chi connectivity index (χ1n) is 11.3. The Morgan fingerprint density at radius 3 is 1.16 bits per heavy atom. The number of aliphatic hydroxyl groups is 2. The molecule has 0 rings (SSSR count). The van der Waals surface area contributed by atoms with Gasteiger partial charge in [-0.15, -0.1) is 8.58 Å². The van der Waals surface area contributed by atoms with E-state index in [9.17, 15) is 0 Å². The maximum atomic E-state index is 8.77. The molecular weight excluding hydrogens is 327 g/mol. The zero-order chi connectivity index (χ0) is 18.4. The quantitative estimate of drug-likeness (QED) is 0.129. The van der Waals surface area contributed by atoms with Gasteiger partial charge in [0.25, 0.3) is 0 Å². The summed E-state index contributed by atoms with van der Waals surface area (Å²) in [6.45, 7) is 2.29. The van der Waals surface area contributed by atoms with E-state index >= 15 is 0 Å². The molecule has 0 aromatic rings. The van der Waals surface area contributed by atoms with Gasteiger partial charge in [0.15, 0.2) is 6.29 Å². The second kappa shape index (κ2) is 22.4. The van der Waals surface area contributed by atoms with Gasteiger partial charge >= 0.3 is 0 Å². The lowest BCUT2D eigenvalue weighted by Crippen LogP contribution is -2.06. The van der Waals surface area contributed by atoms with E-state index in [4.69, 9.17) is 10.2 Å². The first kappa shape index (κ1) is 25.4. The molecule has 2 N–H and O–H groups in total. The molecule has 0 radical (unpaired) electrons. The van der Waals surface area contributed by atoms with Crippen LogP contribution in [0.4, 0.5) is 0 Å². The molecule has 0 bridgehead atoms. The Balaban J connectivity index is 2.96. The molecule has 0 aliphatic rings. The Morgan fingerprint density at radius 1 is 0.520 bits per heavy atom. The Hall–Kier alpha value is 0.350.